The van der Waals surface area contributed by atoms with Crippen LogP contribution in [0.5, 0.6) is 34.5 Å². The molecule has 1 aliphatic heterocycles. The van der Waals surface area contributed by atoms with E-state index in [-0.39, 0.29) is 48.7 Å². The Labute approximate surface area is 398 Å². The van der Waals surface area contributed by atoms with Crippen molar-refractivity contribution >= 4 is 58.3 Å². The third kappa shape index (κ3) is 13.0. The summed E-state index contributed by atoms with van der Waals surface area (Å²) in [6, 6.07) is 31.5. The van der Waals surface area contributed by atoms with Crippen molar-refractivity contribution in [1.82, 2.24) is 14.5 Å². The lowest BCUT2D eigenvalue weighted by Crippen LogP contribution is -2.21. The summed E-state index contributed by atoms with van der Waals surface area (Å²) in [5.41, 5.74) is 5.64. The van der Waals surface area contributed by atoms with Crippen LogP contribution in [-0.4, -0.2) is 65.1 Å². The lowest BCUT2D eigenvalue weighted by Gasteiger charge is -2.26. The molecule has 4 aromatic carbocycles. The topological polar surface area (TPSA) is 157 Å². The molecule has 348 valence electrons. The molecule has 13 nitrogen and oxygen atoms in total. The fourth-order valence-corrected chi connectivity index (χ4v) is 7.38. The summed E-state index contributed by atoms with van der Waals surface area (Å²) in [4.78, 5) is 57.8. The molecule has 69 heavy (non-hydrogen) atoms. The van der Waals surface area contributed by atoms with Gasteiger partial charge in [-0.1, -0.05) is 36.4 Å². The minimum absolute atomic E-state index is 0.244. The van der Waals surface area contributed by atoms with Gasteiger partial charge in [0, 0.05) is 59.1 Å². The number of methoxy groups -OCH3 is 2. The number of carbonyl (C=O) groups excluding carboxylic acids is 4. The molecular formula is C56H49N3O10. The molecular weight excluding hydrogens is 875 g/mol. The van der Waals surface area contributed by atoms with Crippen molar-refractivity contribution in [2.24, 2.45) is 0 Å². The lowest BCUT2D eigenvalue weighted by molar-refractivity contribution is -0.123. The van der Waals surface area contributed by atoms with Crippen molar-refractivity contribution in [2.75, 3.05) is 27.4 Å². The molecule has 0 saturated carbocycles. The number of hydrogen-bond acceptors (Lipinski definition) is 11. The summed E-state index contributed by atoms with van der Waals surface area (Å²) in [5.74, 6) is 2.10. The quantitative estimate of drug-likeness (QED) is 0.0510. The number of benzene rings is 4. The predicted octanol–water partition coefficient (Wildman–Crippen LogP) is 10.1. The number of aromatic amines is 1. The number of nitrogens with zero attached hydrogens (tertiary/aromatic N) is 2. The monoisotopic (exact) mass is 923 g/mol. The third-order valence-electron chi connectivity index (χ3n) is 11.0. The van der Waals surface area contributed by atoms with Crippen LogP contribution in [0.15, 0.2) is 152 Å². The van der Waals surface area contributed by atoms with Crippen LogP contribution < -0.4 is 28.4 Å². The highest BCUT2D eigenvalue weighted by Crippen LogP contribution is 2.37. The molecule has 0 bridgehead atoms. The van der Waals surface area contributed by atoms with E-state index in [0.29, 0.717) is 65.4 Å². The van der Waals surface area contributed by atoms with E-state index in [1.54, 1.807) is 86.1 Å². The van der Waals surface area contributed by atoms with E-state index in [0.717, 1.165) is 33.3 Å². The lowest BCUT2D eigenvalue weighted by atomic mass is 10.1. The van der Waals surface area contributed by atoms with Crippen molar-refractivity contribution in [2.45, 2.75) is 32.1 Å². The molecule has 1 atom stereocenters. The van der Waals surface area contributed by atoms with Crippen molar-refractivity contribution in [3.63, 3.8) is 0 Å². The largest absolute Gasteiger partial charge is 0.496 e. The molecule has 4 heterocycles. The standard InChI is InChI=1S/C56H49N3O10/c1-64-53-33-49(19-13-41(53)11-17-47(62)31-45(60)15-7-38-6-10-40-22-25-58-51(40)29-38)66-28-27-59-26-23-43(35-59)56-37-68-55-30-39(9-21-52(55)69-56)8-16-46(61)32-48(63)18-12-42-14-20-50(34-54(42)65-2)67-36-44-5-3-4-24-57-44/h3-26,29-30,33-35,56,58H,27-28,31-32,36-37H2,1-2H3/b15-7+,16-8+,17-11+,18-12+. The summed E-state index contributed by atoms with van der Waals surface area (Å²) in [7, 11) is 3.08. The summed E-state index contributed by atoms with van der Waals surface area (Å²) >= 11 is 0. The van der Waals surface area contributed by atoms with Crippen LogP contribution in [0.1, 0.15) is 52.5 Å². The van der Waals surface area contributed by atoms with Crippen molar-refractivity contribution in [3.05, 3.63) is 186 Å². The number of nitrogens with one attached hydrogen (secondary N) is 1. The molecule has 0 radical (unpaired) electrons. The maximum atomic E-state index is 12.7. The van der Waals surface area contributed by atoms with Crippen molar-refractivity contribution in [3.8, 4) is 34.5 Å². The van der Waals surface area contributed by atoms with Crippen molar-refractivity contribution in [1.29, 1.82) is 0 Å². The van der Waals surface area contributed by atoms with Crippen LogP contribution in [0.25, 0.3) is 35.2 Å². The first-order valence-corrected chi connectivity index (χ1v) is 22.2. The Bertz CT molecular complexity index is 3090. The molecule has 0 spiro atoms. The van der Waals surface area contributed by atoms with Gasteiger partial charge in [-0.05, 0) is 120 Å². The zero-order valence-electron chi connectivity index (χ0n) is 38.0. The second-order valence-corrected chi connectivity index (χ2v) is 15.9. The molecule has 8 rings (SSSR count). The van der Waals surface area contributed by atoms with Crippen LogP contribution in [0.3, 0.4) is 0 Å². The Hall–Kier alpha value is -8.71. The van der Waals surface area contributed by atoms with E-state index in [2.05, 4.69) is 9.97 Å². The van der Waals surface area contributed by atoms with Crippen LogP contribution >= 0.6 is 0 Å². The number of hydrogen-bond donors (Lipinski definition) is 1. The number of H-pyrrole nitrogens is 1. The minimum Gasteiger partial charge on any atom is -0.496 e. The number of pyridine rings is 1. The van der Waals surface area contributed by atoms with E-state index < -0.39 is 0 Å². The van der Waals surface area contributed by atoms with E-state index >= 15 is 0 Å². The zero-order valence-corrected chi connectivity index (χ0v) is 38.0. The van der Waals surface area contributed by atoms with Crippen LogP contribution in [0.4, 0.5) is 0 Å². The number of aromatic nitrogens is 3. The predicted molar refractivity (Wildman–Crippen MR) is 263 cm³/mol. The molecule has 0 aliphatic carbocycles. The number of allylic oxidation sites excluding steroid dienone is 4. The van der Waals surface area contributed by atoms with Gasteiger partial charge in [0.25, 0.3) is 0 Å². The highest BCUT2D eigenvalue weighted by molar-refractivity contribution is 6.11. The number of ether oxygens (including phenoxy) is 6. The zero-order chi connectivity index (χ0) is 48.0. The van der Waals surface area contributed by atoms with Gasteiger partial charge < -0.3 is 38.0 Å². The van der Waals surface area contributed by atoms with Crippen LogP contribution in [0, 0.1) is 0 Å². The summed E-state index contributed by atoms with van der Waals surface area (Å²) in [6.45, 7) is 1.54. The van der Waals surface area contributed by atoms with E-state index in [1.165, 1.54) is 31.4 Å². The molecule has 1 unspecified atom stereocenters. The Morgan fingerprint density at radius 3 is 2.01 bits per heavy atom. The molecule has 13 heteroatoms. The fraction of sp³-hybridized carbons (Fsp3) is 0.161. The molecule has 0 amide bonds. The van der Waals surface area contributed by atoms with E-state index in [1.807, 2.05) is 77.8 Å². The van der Waals surface area contributed by atoms with Gasteiger partial charge in [-0.15, -0.1) is 0 Å². The van der Waals surface area contributed by atoms with Gasteiger partial charge in [-0.2, -0.15) is 0 Å². The smallest absolute Gasteiger partial charge is 0.163 e. The Morgan fingerprint density at radius 2 is 1.35 bits per heavy atom. The van der Waals surface area contributed by atoms with Gasteiger partial charge in [0.1, 0.15) is 42.8 Å². The molecule has 0 saturated heterocycles. The van der Waals surface area contributed by atoms with Crippen LogP contribution in [0.2, 0.25) is 0 Å². The number of rotatable bonds is 22. The second kappa shape index (κ2) is 22.7. The van der Waals surface area contributed by atoms with Gasteiger partial charge in [0.15, 0.2) is 40.7 Å². The van der Waals surface area contributed by atoms with E-state index in [9.17, 15) is 19.2 Å². The first kappa shape index (κ1) is 46.8. The summed E-state index contributed by atoms with van der Waals surface area (Å²) in [5, 5.41) is 1.08. The first-order valence-electron chi connectivity index (χ1n) is 22.2. The molecule has 1 aliphatic rings. The van der Waals surface area contributed by atoms with Gasteiger partial charge in [-0.3, -0.25) is 24.2 Å². The normalized spacial score (nSPS) is 13.4. The van der Waals surface area contributed by atoms with E-state index in [4.69, 9.17) is 28.4 Å². The second-order valence-electron chi connectivity index (χ2n) is 15.9. The average molecular weight is 924 g/mol. The first-order chi connectivity index (χ1) is 33.7. The van der Waals surface area contributed by atoms with Gasteiger partial charge in [0.2, 0.25) is 0 Å². The maximum absolute atomic E-state index is 12.7. The minimum atomic E-state index is -0.345. The molecule has 7 aromatic rings. The Kier molecular flexibility index (Phi) is 15.4. The molecule has 1 N–H and O–H groups in total. The van der Waals surface area contributed by atoms with Gasteiger partial charge >= 0.3 is 0 Å². The fourth-order valence-electron chi connectivity index (χ4n) is 7.38. The molecule has 3 aromatic heterocycles. The highest BCUT2D eigenvalue weighted by Gasteiger charge is 2.24. The Balaban J connectivity index is 0.760. The number of fused-ring (bicyclic) bond motifs is 2. The van der Waals surface area contributed by atoms with Gasteiger partial charge in [-0.25, -0.2) is 0 Å². The maximum Gasteiger partial charge on any atom is 0.163 e. The third-order valence-corrected chi connectivity index (χ3v) is 11.0. The van der Waals surface area contributed by atoms with Crippen molar-refractivity contribution < 1.29 is 47.6 Å². The number of ketones is 4. The SMILES string of the molecule is COc1cc(OCCn2ccc(C3COc4cc(/C=C/C(=O)CC(=O)/C=C/c5ccc(OCc6ccccn6)cc5OC)ccc4O3)c2)ccc1/C=C/C(=O)CC(=O)/C=C/c1ccc2cc[nH]c2c1. The Morgan fingerprint density at radius 1 is 0.696 bits per heavy atom. The van der Waals surface area contributed by atoms with Crippen LogP contribution in [-0.2, 0) is 32.3 Å². The average Bonchev–Trinajstić information content (AvgIpc) is 4.06. The number of carbonyl (C=O) groups is 4. The summed E-state index contributed by atoms with van der Waals surface area (Å²) < 4.78 is 37.3. The molecule has 0 fully saturated rings. The highest BCUT2D eigenvalue weighted by atomic mass is 16.6. The van der Waals surface area contributed by atoms with Gasteiger partial charge in [0.05, 0.1) is 39.3 Å². The summed E-state index contributed by atoms with van der Waals surface area (Å²) in [6.07, 6.45) is 18.8.